The van der Waals surface area contributed by atoms with Gasteiger partial charge >= 0.3 is 0 Å². The van der Waals surface area contributed by atoms with Crippen molar-refractivity contribution in [3.8, 4) is 0 Å². The van der Waals surface area contributed by atoms with E-state index < -0.39 is 0 Å². The Bertz CT molecular complexity index is 189. The second-order valence-corrected chi connectivity index (χ2v) is 4.53. The van der Waals surface area contributed by atoms with Crippen molar-refractivity contribution >= 4 is 5.78 Å². The highest BCUT2D eigenvalue weighted by Gasteiger charge is 2.21. The van der Waals surface area contributed by atoms with Gasteiger partial charge in [-0.3, -0.25) is 4.79 Å². The van der Waals surface area contributed by atoms with Gasteiger partial charge in [-0.05, 0) is 18.8 Å². The van der Waals surface area contributed by atoms with Gasteiger partial charge in [0.2, 0.25) is 0 Å². The maximum absolute atomic E-state index is 11.1. The molecular weight excluding hydrogens is 176 g/mol. The summed E-state index contributed by atoms with van der Waals surface area (Å²) in [4.78, 5) is 13.6. The number of hydrogen-bond donors (Lipinski definition) is 1. The lowest BCUT2D eigenvalue weighted by molar-refractivity contribution is -0.121. The van der Waals surface area contributed by atoms with E-state index in [0.717, 1.165) is 44.7 Å². The molecule has 2 aliphatic rings. The van der Waals surface area contributed by atoms with Crippen LogP contribution >= 0.6 is 0 Å². The summed E-state index contributed by atoms with van der Waals surface area (Å²) in [6.45, 7) is 5.85. The lowest BCUT2D eigenvalue weighted by Gasteiger charge is -2.32. The zero-order valence-corrected chi connectivity index (χ0v) is 8.80. The molecule has 0 unspecified atom stereocenters. The number of carbonyl (C=O) groups is 1. The maximum Gasteiger partial charge on any atom is 0.132 e. The number of nitrogens with one attached hydrogen (secondary N) is 1. The van der Waals surface area contributed by atoms with Crippen molar-refractivity contribution in [1.29, 1.82) is 0 Å². The van der Waals surface area contributed by atoms with E-state index in [1.54, 1.807) is 0 Å². The molecule has 1 heterocycles. The Balaban J connectivity index is 1.71. The lowest BCUT2D eigenvalue weighted by Crippen LogP contribution is -2.45. The number of carbonyl (C=O) groups excluding carboxylic acids is 1. The van der Waals surface area contributed by atoms with Gasteiger partial charge in [0, 0.05) is 45.6 Å². The van der Waals surface area contributed by atoms with Crippen LogP contribution in [-0.2, 0) is 4.79 Å². The number of ketones is 1. The molecule has 1 saturated heterocycles. The van der Waals surface area contributed by atoms with E-state index in [-0.39, 0.29) is 0 Å². The molecule has 1 aliphatic heterocycles. The second-order valence-electron chi connectivity index (χ2n) is 4.53. The standard InChI is InChI=1S/C11H20N2O/c14-11-3-1-10(2-4-11)9-13-7-5-12-6-8-13/h10,12H,1-9H2. The van der Waals surface area contributed by atoms with E-state index in [1.807, 2.05) is 0 Å². The third-order valence-electron chi connectivity index (χ3n) is 3.39. The molecule has 0 aromatic carbocycles. The largest absolute Gasteiger partial charge is 0.314 e. The molecule has 1 saturated carbocycles. The molecule has 3 heteroatoms. The Hall–Kier alpha value is -0.410. The monoisotopic (exact) mass is 196 g/mol. The molecule has 1 aliphatic carbocycles. The summed E-state index contributed by atoms with van der Waals surface area (Å²) in [5.74, 6) is 1.26. The second kappa shape index (κ2) is 4.89. The van der Waals surface area contributed by atoms with Crippen molar-refractivity contribution in [3.05, 3.63) is 0 Å². The quantitative estimate of drug-likeness (QED) is 0.704. The molecule has 0 radical (unpaired) electrons. The van der Waals surface area contributed by atoms with Crippen LogP contribution in [0.2, 0.25) is 0 Å². The van der Waals surface area contributed by atoms with E-state index in [2.05, 4.69) is 10.2 Å². The molecule has 0 amide bonds. The SMILES string of the molecule is O=C1CCC(CN2CCNCC2)CC1. The number of hydrogen-bond acceptors (Lipinski definition) is 3. The van der Waals surface area contributed by atoms with Crippen LogP contribution in [0.15, 0.2) is 0 Å². The Morgan fingerprint density at radius 1 is 1.21 bits per heavy atom. The molecule has 0 spiro atoms. The number of Topliss-reactive ketones (excluding diaryl/α,β-unsaturated/α-hetero) is 1. The topological polar surface area (TPSA) is 32.3 Å². The van der Waals surface area contributed by atoms with E-state index in [4.69, 9.17) is 0 Å². The number of piperazine rings is 1. The van der Waals surface area contributed by atoms with Gasteiger partial charge in [-0.25, -0.2) is 0 Å². The first kappa shape index (κ1) is 10.1. The van der Waals surface area contributed by atoms with E-state index in [0.29, 0.717) is 5.78 Å². The smallest absolute Gasteiger partial charge is 0.132 e. The summed E-state index contributed by atoms with van der Waals surface area (Å²) < 4.78 is 0. The van der Waals surface area contributed by atoms with Gasteiger partial charge in [-0.15, -0.1) is 0 Å². The van der Waals surface area contributed by atoms with Gasteiger partial charge in [-0.2, -0.15) is 0 Å². The molecular formula is C11H20N2O. The zero-order chi connectivity index (χ0) is 9.80. The highest BCUT2D eigenvalue weighted by Crippen LogP contribution is 2.22. The molecule has 0 bridgehead atoms. The summed E-state index contributed by atoms with van der Waals surface area (Å²) in [6.07, 6.45) is 3.92. The number of rotatable bonds is 2. The number of nitrogens with zero attached hydrogens (tertiary/aromatic N) is 1. The predicted molar refractivity (Wildman–Crippen MR) is 56.3 cm³/mol. The summed E-state index contributed by atoms with van der Waals surface area (Å²) in [5, 5.41) is 3.36. The molecule has 14 heavy (non-hydrogen) atoms. The average Bonchev–Trinajstić information content (AvgIpc) is 2.23. The minimum Gasteiger partial charge on any atom is -0.314 e. The van der Waals surface area contributed by atoms with Crippen LogP contribution in [0, 0.1) is 5.92 Å². The third-order valence-corrected chi connectivity index (χ3v) is 3.39. The fourth-order valence-electron chi connectivity index (χ4n) is 2.44. The highest BCUT2D eigenvalue weighted by molar-refractivity contribution is 5.79. The van der Waals surface area contributed by atoms with Crippen LogP contribution in [0.5, 0.6) is 0 Å². The first-order chi connectivity index (χ1) is 6.84. The molecule has 3 nitrogen and oxygen atoms in total. The Kier molecular flexibility index (Phi) is 3.54. The highest BCUT2D eigenvalue weighted by atomic mass is 16.1. The van der Waals surface area contributed by atoms with Gasteiger partial charge < -0.3 is 10.2 Å². The maximum atomic E-state index is 11.1. The Morgan fingerprint density at radius 3 is 2.50 bits per heavy atom. The first-order valence-corrected chi connectivity index (χ1v) is 5.79. The van der Waals surface area contributed by atoms with Crippen molar-refractivity contribution < 1.29 is 4.79 Å². The molecule has 80 valence electrons. The average molecular weight is 196 g/mol. The molecule has 0 atom stereocenters. The minimum absolute atomic E-state index is 0.474. The van der Waals surface area contributed by atoms with E-state index >= 15 is 0 Å². The van der Waals surface area contributed by atoms with Gasteiger partial charge in [0.15, 0.2) is 0 Å². The third kappa shape index (κ3) is 2.79. The van der Waals surface area contributed by atoms with E-state index in [9.17, 15) is 4.79 Å². The minimum atomic E-state index is 0.474. The van der Waals surface area contributed by atoms with Crippen molar-refractivity contribution in [2.45, 2.75) is 25.7 Å². The zero-order valence-electron chi connectivity index (χ0n) is 8.80. The lowest BCUT2D eigenvalue weighted by atomic mass is 9.88. The Morgan fingerprint density at radius 2 is 1.86 bits per heavy atom. The predicted octanol–water partition coefficient (Wildman–Crippen LogP) is 0.651. The molecule has 1 N–H and O–H groups in total. The summed E-state index contributed by atoms with van der Waals surface area (Å²) in [6, 6.07) is 0. The normalized spacial score (nSPS) is 26.7. The summed E-state index contributed by atoms with van der Waals surface area (Å²) in [5.41, 5.74) is 0. The molecule has 0 aromatic rings. The fourth-order valence-corrected chi connectivity index (χ4v) is 2.44. The molecule has 2 fully saturated rings. The fraction of sp³-hybridized carbons (Fsp3) is 0.909. The van der Waals surface area contributed by atoms with E-state index in [1.165, 1.54) is 19.6 Å². The van der Waals surface area contributed by atoms with Crippen LogP contribution in [0.1, 0.15) is 25.7 Å². The van der Waals surface area contributed by atoms with Crippen LogP contribution in [0.4, 0.5) is 0 Å². The van der Waals surface area contributed by atoms with Crippen molar-refractivity contribution in [1.82, 2.24) is 10.2 Å². The van der Waals surface area contributed by atoms with Crippen molar-refractivity contribution in [2.24, 2.45) is 5.92 Å². The summed E-state index contributed by atoms with van der Waals surface area (Å²) in [7, 11) is 0. The van der Waals surface area contributed by atoms with Gasteiger partial charge in [0.05, 0.1) is 0 Å². The van der Waals surface area contributed by atoms with Crippen molar-refractivity contribution in [2.75, 3.05) is 32.7 Å². The molecule has 0 aromatic heterocycles. The first-order valence-electron chi connectivity index (χ1n) is 5.79. The van der Waals surface area contributed by atoms with Crippen molar-refractivity contribution in [3.63, 3.8) is 0 Å². The van der Waals surface area contributed by atoms with Gasteiger partial charge in [-0.1, -0.05) is 0 Å². The Labute approximate surface area is 85.8 Å². The van der Waals surface area contributed by atoms with Gasteiger partial charge in [0.1, 0.15) is 5.78 Å². The van der Waals surface area contributed by atoms with Gasteiger partial charge in [0.25, 0.3) is 0 Å². The molecule has 2 rings (SSSR count). The van der Waals surface area contributed by atoms with Crippen LogP contribution < -0.4 is 5.32 Å². The van der Waals surface area contributed by atoms with Crippen LogP contribution in [0.3, 0.4) is 0 Å². The van der Waals surface area contributed by atoms with Crippen LogP contribution in [-0.4, -0.2) is 43.4 Å². The summed E-state index contributed by atoms with van der Waals surface area (Å²) >= 11 is 0. The van der Waals surface area contributed by atoms with Crippen LogP contribution in [0.25, 0.3) is 0 Å².